The summed E-state index contributed by atoms with van der Waals surface area (Å²) in [6.45, 7) is 1.96. The van der Waals surface area contributed by atoms with E-state index >= 15 is 0 Å². The van der Waals surface area contributed by atoms with Crippen LogP contribution in [-0.4, -0.2) is 50.2 Å². The van der Waals surface area contributed by atoms with E-state index in [1.54, 1.807) is 50.6 Å². The Labute approximate surface area is 244 Å². The fraction of sp³-hybridized carbons (Fsp3) is 0.176. The van der Waals surface area contributed by atoms with Crippen LogP contribution in [0.5, 0.6) is 17.2 Å². The van der Waals surface area contributed by atoms with Crippen molar-refractivity contribution in [2.75, 3.05) is 39.7 Å². The zero-order chi connectivity index (χ0) is 29.5. The molecule has 0 spiro atoms. The Kier molecular flexibility index (Phi) is 8.84. The third-order valence-corrected chi connectivity index (χ3v) is 6.95. The number of aromatic nitrogens is 1. The number of nitrogens with one attached hydrogen (secondary N) is 2. The average Bonchev–Trinajstić information content (AvgIpc) is 3.02. The molecule has 1 heterocycles. The molecule has 0 fully saturated rings. The molecule has 214 valence electrons. The molecule has 0 aliphatic rings. The quantitative estimate of drug-likeness (QED) is 0.206. The number of rotatable bonds is 11. The van der Waals surface area contributed by atoms with Crippen molar-refractivity contribution in [2.24, 2.45) is 0 Å². The minimum absolute atomic E-state index is 0.145. The number of carbonyl (C=O) groups is 1. The highest BCUT2D eigenvalue weighted by Crippen LogP contribution is 2.28. The number of pyridine rings is 1. The smallest absolute Gasteiger partial charge is 0.257 e. The maximum Gasteiger partial charge on any atom is 0.257 e. The summed E-state index contributed by atoms with van der Waals surface area (Å²) in [4.78, 5) is 31.5. The Morgan fingerprint density at radius 3 is 2.36 bits per heavy atom. The highest BCUT2D eigenvalue weighted by atomic mass is 16.5. The number of para-hydroxylation sites is 1. The number of nitrogens with zero attached hydrogens (tertiary/aromatic N) is 1. The first-order valence-electron chi connectivity index (χ1n) is 13.6. The van der Waals surface area contributed by atoms with E-state index in [9.17, 15) is 9.59 Å². The maximum absolute atomic E-state index is 13.3. The first kappa shape index (κ1) is 28.4. The lowest BCUT2D eigenvalue weighted by Gasteiger charge is -2.18. The minimum Gasteiger partial charge on any atom is -0.493 e. The average molecular weight is 564 g/mol. The van der Waals surface area contributed by atoms with Crippen molar-refractivity contribution >= 4 is 22.5 Å². The molecule has 42 heavy (non-hydrogen) atoms. The van der Waals surface area contributed by atoms with Gasteiger partial charge in [0, 0.05) is 35.9 Å². The second kappa shape index (κ2) is 13.1. The van der Waals surface area contributed by atoms with E-state index < -0.39 is 0 Å². The Morgan fingerprint density at radius 1 is 0.857 bits per heavy atom. The summed E-state index contributed by atoms with van der Waals surface area (Å²) in [5, 5.41) is 3.39. The molecule has 0 aliphatic heterocycles. The number of aromatic amines is 1. The van der Waals surface area contributed by atoms with Gasteiger partial charge in [-0.1, -0.05) is 42.5 Å². The molecule has 0 radical (unpaired) electrons. The molecule has 0 saturated heterocycles. The molecule has 5 rings (SSSR count). The van der Waals surface area contributed by atoms with Crippen LogP contribution in [0.3, 0.4) is 0 Å². The summed E-state index contributed by atoms with van der Waals surface area (Å²) in [6, 6.07) is 29.4. The number of amides is 1. The van der Waals surface area contributed by atoms with Crippen molar-refractivity contribution < 1.29 is 19.0 Å². The number of ether oxygens (including phenoxy) is 3. The lowest BCUT2D eigenvalue weighted by atomic mass is 10.1. The van der Waals surface area contributed by atoms with Crippen LogP contribution in [0.2, 0.25) is 0 Å². The maximum atomic E-state index is 13.3. The van der Waals surface area contributed by atoms with Gasteiger partial charge in [0.1, 0.15) is 12.4 Å². The van der Waals surface area contributed by atoms with Gasteiger partial charge in [-0.3, -0.25) is 14.5 Å². The highest BCUT2D eigenvalue weighted by Gasteiger charge is 2.14. The number of hydrogen-bond acceptors (Lipinski definition) is 6. The number of H-pyrrole nitrogens is 1. The third kappa shape index (κ3) is 6.62. The van der Waals surface area contributed by atoms with Gasteiger partial charge in [0.2, 0.25) is 0 Å². The summed E-state index contributed by atoms with van der Waals surface area (Å²) in [5.41, 5.74) is 4.00. The number of anilines is 1. The molecule has 0 unspecified atom stereocenters. The minimum atomic E-state index is -0.313. The van der Waals surface area contributed by atoms with Gasteiger partial charge in [-0.15, -0.1) is 0 Å². The van der Waals surface area contributed by atoms with Crippen molar-refractivity contribution in [3.05, 3.63) is 118 Å². The molecule has 4 aromatic carbocycles. The summed E-state index contributed by atoms with van der Waals surface area (Å²) in [7, 11) is 5.28. The van der Waals surface area contributed by atoms with Gasteiger partial charge in [0.15, 0.2) is 16.9 Å². The van der Waals surface area contributed by atoms with Gasteiger partial charge in [-0.25, -0.2) is 0 Å². The van der Waals surface area contributed by atoms with Crippen LogP contribution in [0.25, 0.3) is 22.2 Å². The fourth-order valence-corrected chi connectivity index (χ4v) is 4.76. The Balaban J connectivity index is 1.19. The molecule has 0 aliphatic carbocycles. The van der Waals surface area contributed by atoms with E-state index in [4.69, 9.17) is 14.2 Å². The first-order chi connectivity index (χ1) is 20.4. The van der Waals surface area contributed by atoms with E-state index in [1.807, 2.05) is 67.7 Å². The van der Waals surface area contributed by atoms with E-state index in [-0.39, 0.29) is 11.3 Å². The molecule has 1 amide bonds. The Hall–Kier alpha value is -5.08. The monoisotopic (exact) mass is 563 g/mol. The summed E-state index contributed by atoms with van der Waals surface area (Å²) < 4.78 is 16.6. The van der Waals surface area contributed by atoms with Gasteiger partial charge in [0.25, 0.3) is 5.91 Å². The van der Waals surface area contributed by atoms with Crippen molar-refractivity contribution in [3.63, 3.8) is 0 Å². The Bertz CT molecular complexity index is 1730. The molecule has 5 aromatic rings. The van der Waals surface area contributed by atoms with Crippen LogP contribution in [-0.2, 0) is 6.54 Å². The largest absolute Gasteiger partial charge is 0.493 e. The van der Waals surface area contributed by atoms with Crippen LogP contribution in [0.15, 0.2) is 102 Å². The van der Waals surface area contributed by atoms with Crippen molar-refractivity contribution in [1.29, 1.82) is 0 Å². The normalized spacial score (nSPS) is 11.0. The SMILES string of the molecule is COc1ccc(CN(C)CCOc2ccc(NC(=O)c3cccc4c(=O)cc(-c5ccccc5)[nH]c34)cc2)cc1OC. The predicted octanol–water partition coefficient (Wildman–Crippen LogP) is 5.98. The number of fused-ring (bicyclic) bond motifs is 1. The summed E-state index contributed by atoms with van der Waals surface area (Å²) >= 11 is 0. The highest BCUT2D eigenvalue weighted by molar-refractivity contribution is 6.12. The lowest BCUT2D eigenvalue weighted by Crippen LogP contribution is -2.23. The molecule has 0 saturated carbocycles. The van der Waals surface area contributed by atoms with Gasteiger partial charge in [-0.2, -0.15) is 0 Å². The van der Waals surface area contributed by atoms with Crippen LogP contribution in [0, 0.1) is 0 Å². The molecule has 0 atom stereocenters. The molecule has 8 nitrogen and oxygen atoms in total. The second-order valence-corrected chi connectivity index (χ2v) is 9.90. The summed E-state index contributed by atoms with van der Waals surface area (Å²) in [6.07, 6.45) is 0. The molecule has 8 heteroatoms. The van der Waals surface area contributed by atoms with Gasteiger partial charge in [-0.05, 0) is 66.7 Å². The number of benzene rings is 4. The van der Waals surface area contributed by atoms with Crippen LogP contribution in [0.4, 0.5) is 5.69 Å². The number of carbonyl (C=O) groups excluding carboxylic acids is 1. The zero-order valence-electron chi connectivity index (χ0n) is 23.8. The standard InChI is InChI=1S/C34H33N3O5/c1-37(22-23-12-17-31(40-2)32(20-23)41-3)18-19-42-26-15-13-25(14-16-26)35-34(39)28-11-7-10-27-30(38)21-29(36-33(27)28)24-8-5-4-6-9-24/h4-17,20-21H,18-19,22H2,1-3H3,(H,35,39)(H,36,38). The van der Waals surface area contributed by atoms with E-state index in [2.05, 4.69) is 15.2 Å². The lowest BCUT2D eigenvalue weighted by molar-refractivity contribution is 0.102. The van der Waals surface area contributed by atoms with Crippen molar-refractivity contribution in [3.8, 4) is 28.5 Å². The van der Waals surface area contributed by atoms with E-state index in [0.717, 1.165) is 24.2 Å². The van der Waals surface area contributed by atoms with Crippen LogP contribution >= 0.6 is 0 Å². The predicted molar refractivity (Wildman–Crippen MR) is 166 cm³/mol. The third-order valence-electron chi connectivity index (χ3n) is 6.95. The van der Waals surface area contributed by atoms with Gasteiger partial charge in [0.05, 0.1) is 25.3 Å². The van der Waals surface area contributed by atoms with Gasteiger partial charge < -0.3 is 24.5 Å². The Morgan fingerprint density at radius 2 is 1.62 bits per heavy atom. The van der Waals surface area contributed by atoms with E-state index in [0.29, 0.717) is 51.7 Å². The molecule has 2 N–H and O–H groups in total. The number of likely N-dealkylation sites (N-methyl/N-ethyl adjacent to an activating group) is 1. The first-order valence-corrected chi connectivity index (χ1v) is 13.6. The molecule has 1 aromatic heterocycles. The molecular weight excluding hydrogens is 530 g/mol. The van der Waals surface area contributed by atoms with E-state index in [1.165, 1.54) is 0 Å². The summed E-state index contributed by atoms with van der Waals surface area (Å²) in [5.74, 6) is 1.80. The van der Waals surface area contributed by atoms with Crippen molar-refractivity contribution in [2.45, 2.75) is 6.54 Å². The number of hydrogen-bond donors (Lipinski definition) is 2. The number of methoxy groups -OCH3 is 2. The molecular formula is C34H33N3O5. The van der Waals surface area contributed by atoms with Crippen molar-refractivity contribution in [1.82, 2.24) is 9.88 Å². The van der Waals surface area contributed by atoms with Crippen LogP contribution in [0.1, 0.15) is 15.9 Å². The fourth-order valence-electron chi connectivity index (χ4n) is 4.76. The zero-order valence-corrected chi connectivity index (χ0v) is 23.8. The van der Waals surface area contributed by atoms with Crippen LogP contribution < -0.4 is 25.0 Å². The topological polar surface area (TPSA) is 92.9 Å². The second-order valence-electron chi connectivity index (χ2n) is 9.90. The molecule has 0 bridgehead atoms. The van der Waals surface area contributed by atoms with Gasteiger partial charge >= 0.3 is 0 Å².